The Balaban J connectivity index is 1.62. The fraction of sp³-hybridized carbons (Fsp3) is 0.643. The van der Waals surface area contributed by atoms with E-state index in [4.69, 9.17) is 23.2 Å². The molecular formula is C14H17Cl2N3O2S. The lowest BCUT2D eigenvalue weighted by atomic mass is 9.95. The van der Waals surface area contributed by atoms with Gasteiger partial charge in [-0.05, 0) is 26.2 Å². The quantitative estimate of drug-likeness (QED) is 0.841. The van der Waals surface area contributed by atoms with Crippen LogP contribution in [0.2, 0.25) is 0 Å². The van der Waals surface area contributed by atoms with Crippen LogP contribution in [-0.2, 0) is 9.59 Å². The van der Waals surface area contributed by atoms with E-state index in [1.54, 1.807) is 23.4 Å². The number of piperidine rings is 1. The van der Waals surface area contributed by atoms with Gasteiger partial charge in [-0.15, -0.1) is 34.5 Å². The average Bonchev–Trinajstić information content (AvgIpc) is 2.84. The molecule has 0 aromatic carbocycles. The lowest BCUT2D eigenvalue weighted by Gasteiger charge is -2.34. The number of likely N-dealkylation sites (tertiary alicyclic amines) is 1. The molecule has 0 radical (unpaired) electrons. The first-order valence-electron chi connectivity index (χ1n) is 7.21. The molecule has 2 amide bonds. The molecule has 0 bridgehead atoms. The van der Waals surface area contributed by atoms with E-state index >= 15 is 0 Å². The molecule has 1 saturated heterocycles. The number of nitrogens with zero attached hydrogens (tertiary/aromatic N) is 2. The van der Waals surface area contributed by atoms with Crippen LogP contribution in [-0.4, -0.2) is 39.1 Å². The Kier molecular flexibility index (Phi) is 4.12. The summed E-state index contributed by atoms with van der Waals surface area (Å²) >= 11 is 13.6. The number of aromatic nitrogens is 1. The van der Waals surface area contributed by atoms with E-state index in [0.29, 0.717) is 24.6 Å². The molecule has 3 rings (SSSR count). The van der Waals surface area contributed by atoms with Gasteiger partial charge in [-0.2, -0.15) is 0 Å². The molecule has 1 aliphatic heterocycles. The zero-order valence-electron chi connectivity index (χ0n) is 12.1. The van der Waals surface area contributed by atoms with E-state index in [9.17, 15) is 9.59 Å². The summed E-state index contributed by atoms with van der Waals surface area (Å²) in [6.45, 7) is 2.85. The van der Waals surface area contributed by atoms with E-state index < -0.39 is 9.75 Å². The van der Waals surface area contributed by atoms with Gasteiger partial charge < -0.3 is 10.2 Å². The van der Waals surface area contributed by atoms with Gasteiger partial charge in [0.25, 0.3) is 0 Å². The lowest BCUT2D eigenvalue weighted by Crippen LogP contribution is -2.47. The Morgan fingerprint density at radius 3 is 2.82 bits per heavy atom. The van der Waals surface area contributed by atoms with Crippen molar-refractivity contribution < 1.29 is 9.59 Å². The van der Waals surface area contributed by atoms with E-state index in [-0.39, 0.29) is 17.7 Å². The third-order valence-corrected chi connectivity index (χ3v) is 6.26. The smallest absolute Gasteiger partial charge is 0.231 e. The van der Waals surface area contributed by atoms with Gasteiger partial charge in [0.1, 0.15) is 4.33 Å². The number of hydrogen-bond donors (Lipinski definition) is 1. The number of carbonyl (C=O) groups is 2. The molecule has 5 nitrogen and oxygen atoms in total. The molecule has 1 aromatic rings. The molecular weight excluding hydrogens is 345 g/mol. The second kappa shape index (κ2) is 5.65. The first-order chi connectivity index (χ1) is 10.3. The fourth-order valence-corrected chi connectivity index (χ4v) is 4.08. The van der Waals surface area contributed by atoms with Crippen LogP contribution in [0.3, 0.4) is 0 Å². The topological polar surface area (TPSA) is 62.3 Å². The standard InChI is InChI=1S/C14H17Cl2N3O2S/c1-13(8-14(13,15)16)11(21)19-5-2-3-9(7-19)10(20)18-12-17-4-6-22-12/h4,6,9H,2-3,5,7-8H2,1H3,(H,17,18,20)/t9-,13-/m0/s1. The largest absolute Gasteiger partial charge is 0.341 e. The van der Waals surface area contributed by atoms with E-state index in [0.717, 1.165) is 12.8 Å². The highest BCUT2D eigenvalue weighted by molar-refractivity contribution is 7.13. The van der Waals surface area contributed by atoms with Crippen molar-refractivity contribution in [1.82, 2.24) is 9.88 Å². The molecule has 1 saturated carbocycles. The minimum Gasteiger partial charge on any atom is -0.341 e. The van der Waals surface area contributed by atoms with E-state index in [1.165, 1.54) is 11.3 Å². The molecule has 2 heterocycles. The van der Waals surface area contributed by atoms with Crippen molar-refractivity contribution in [2.24, 2.45) is 11.3 Å². The Bertz CT molecular complexity index is 593. The van der Waals surface area contributed by atoms with Crippen molar-refractivity contribution in [1.29, 1.82) is 0 Å². The van der Waals surface area contributed by atoms with Crippen LogP contribution in [0.25, 0.3) is 0 Å². The van der Waals surface area contributed by atoms with E-state index in [2.05, 4.69) is 10.3 Å². The Morgan fingerprint density at radius 1 is 1.50 bits per heavy atom. The third-order valence-electron chi connectivity index (χ3n) is 4.47. The Morgan fingerprint density at radius 2 is 2.23 bits per heavy atom. The number of rotatable bonds is 3. The van der Waals surface area contributed by atoms with Crippen LogP contribution < -0.4 is 5.32 Å². The SMILES string of the molecule is C[C@@]1(C(=O)N2CCC[C@H](C(=O)Nc3nccs3)C2)CC1(Cl)Cl. The molecule has 2 aliphatic rings. The normalized spacial score (nSPS) is 30.0. The number of hydrogen-bond acceptors (Lipinski definition) is 4. The first kappa shape index (κ1) is 16.0. The predicted octanol–water partition coefficient (Wildman–Crippen LogP) is 2.90. The maximum atomic E-state index is 12.6. The molecule has 1 N–H and O–H groups in total. The second-order valence-electron chi connectivity index (χ2n) is 6.13. The van der Waals surface area contributed by atoms with Crippen molar-refractivity contribution in [3.8, 4) is 0 Å². The number of anilines is 1. The van der Waals surface area contributed by atoms with E-state index in [1.807, 2.05) is 0 Å². The van der Waals surface area contributed by atoms with Crippen LogP contribution in [0.15, 0.2) is 11.6 Å². The monoisotopic (exact) mass is 361 g/mol. The molecule has 0 unspecified atom stereocenters. The summed E-state index contributed by atoms with van der Waals surface area (Å²) in [5, 5.41) is 5.19. The van der Waals surface area contributed by atoms with Gasteiger partial charge in [0.15, 0.2) is 5.13 Å². The third kappa shape index (κ3) is 2.84. The van der Waals surface area contributed by atoms with Gasteiger partial charge in [0.2, 0.25) is 11.8 Å². The highest BCUT2D eigenvalue weighted by Crippen LogP contribution is 2.64. The zero-order valence-corrected chi connectivity index (χ0v) is 14.5. The summed E-state index contributed by atoms with van der Waals surface area (Å²) in [5.41, 5.74) is -0.718. The number of carbonyl (C=O) groups excluding carboxylic acids is 2. The summed E-state index contributed by atoms with van der Waals surface area (Å²) in [6, 6.07) is 0. The summed E-state index contributed by atoms with van der Waals surface area (Å²) in [7, 11) is 0. The van der Waals surface area contributed by atoms with Crippen molar-refractivity contribution >= 4 is 51.5 Å². The van der Waals surface area contributed by atoms with Crippen molar-refractivity contribution in [3.05, 3.63) is 11.6 Å². The van der Waals surface area contributed by atoms with Gasteiger partial charge in [-0.1, -0.05) is 0 Å². The Labute approximate surface area is 143 Å². The number of thiazole rings is 1. The predicted molar refractivity (Wildman–Crippen MR) is 87.2 cm³/mol. The van der Waals surface area contributed by atoms with Gasteiger partial charge in [0.05, 0.1) is 11.3 Å². The zero-order chi connectivity index (χ0) is 16.0. The first-order valence-corrected chi connectivity index (χ1v) is 8.85. The molecule has 8 heteroatoms. The molecule has 22 heavy (non-hydrogen) atoms. The molecule has 2 atom stereocenters. The van der Waals surface area contributed by atoms with Gasteiger partial charge in [0, 0.05) is 24.7 Å². The maximum Gasteiger partial charge on any atom is 0.231 e. The van der Waals surface area contributed by atoms with Crippen molar-refractivity contribution in [2.45, 2.75) is 30.5 Å². The van der Waals surface area contributed by atoms with Crippen molar-refractivity contribution in [2.75, 3.05) is 18.4 Å². The molecule has 0 spiro atoms. The second-order valence-corrected chi connectivity index (χ2v) is 8.51. The van der Waals surface area contributed by atoms with Crippen LogP contribution in [0.5, 0.6) is 0 Å². The lowest BCUT2D eigenvalue weighted by molar-refractivity contribution is -0.139. The average molecular weight is 362 g/mol. The molecule has 1 aromatic heterocycles. The number of halogens is 2. The summed E-state index contributed by atoms with van der Waals surface area (Å²) in [4.78, 5) is 30.7. The summed E-state index contributed by atoms with van der Waals surface area (Å²) < 4.78 is -0.972. The van der Waals surface area contributed by atoms with Gasteiger partial charge in [-0.25, -0.2) is 4.98 Å². The van der Waals surface area contributed by atoms with Gasteiger partial charge >= 0.3 is 0 Å². The molecule has 1 aliphatic carbocycles. The van der Waals surface area contributed by atoms with Crippen LogP contribution in [0, 0.1) is 11.3 Å². The summed E-state index contributed by atoms with van der Waals surface area (Å²) in [5.74, 6) is -0.357. The number of alkyl halides is 2. The van der Waals surface area contributed by atoms with Crippen LogP contribution in [0.4, 0.5) is 5.13 Å². The minimum absolute atomic E-state index is 0.0516. The maximum absolute atomic E-state index is 12.6. The summed E-state index contributed by atoms with van der Waals surface area (Å²) in [6.07, 6.45) is 3.68. The number of amides is 2. The Hall–Kier alpha value is -0.850. The number of nitrogens with one attached hydrogen (secondary N) is 1. The van der Waals surface area contributed by atoms with Crippen molar-refractivity contribution in [3.63, 3.8) is 0 Å². The highest BCUT2D eigenvalue weighted by atomic mass is 35.5. The minimum atomic E-state index is -0.972. The van der Waals surface area contributed by atoms with Crippen LogP contribution >= 0.6 is 34.5 Å². The molecule has 2 fully saturated rings. The molecule has 120 valence electrons. The van der Waals surface area contributed by atoms with Gasteiger partial charge in [-0.3, -0.25) is 9.59 Å². The van der Waals surface area contributed by atoms with Crippen LogP contribution in [0.1, 0.15) is 26.2 Å². The highest BCUT2D eigenvalue weighted by Gasteiger charge is 2.68. The fourth-order valence-electron chi connectivity index (χ4n) is 2.85.